The van der Waals surface area contributed by atoms with Crippen LogP contribution in [0.1, 0.15) is 40.5 Å². The maximum Gasteiger partial charge on any atom is 0.419 e. The highest BCUT2D eigenvalue weighted by Gasteiger charge is 2.38. The summed E-state index contributed by atoms with van der Waals surface area (Å²) in [5, 5.41) is 2.74. The number of alkyl halides is 5. The Labute approximate surface area is 183 Å². The molecular weight excluding hydrogens is 480 g/mol. The predicted molar refractivity (Wildman–Crippen MR) is 101 cm³/mol. The minimum absolute atomic E-state index is 0.127. The average Bonchev–Trinajstić information content (AvgIpc) is 2.99. The minimum atomic E-state index is -4.84. The fourth-order valence-electron chi connectivity index (χ4n) is 2.87. The molecule has 0 fully saturated rings. The van der Waals surface area contributed by atoms with Crippen molar-refractivity contribution in [1.29, 1.82) is 0 Å². The van der Waals surface area contributed by atoms with Gasteiger partial charge in [0.05, 0.1) is 34.3 Å². The van der Waals surface area contributed by atoms with Gasteiger partial charge in [-0.15, -0.1) is 0 Å². The van der Waals surface area contributed by atoms with E-state index in [1.807, 2.05) is 0 Å². The second-order valence-corrected chi connectivity index (χ2v) is 7.47. The third-order valence-corrected chi connectivity index (χ3v) is 5.19. The number of carbonyl (C=O) groups excluding carboxylic acids is 1. The summed E-state index contributed by atoms with van der Waals surface area (Å²) in [6.45, 7) is 1.42. The van der Waals surface area contributed by atoms with Gasteiger partial charge >= 0.3 is 6.18 Å². The van der Waals surface area contributed by atoms with E-state index in [2.05, 4.69) is 5.10 Å². The topological polar surface area (TPSA) is 47.4 Å². The number of rotatable bonds is 6. The lowest BCUT2D eigenvalue weighted by atomic mass is 10.0. The molecule has 0 aliphatic heterocycles. The summed E-state index contributed by atoms with van der Waals surface area (Å²) in [4.78, 5) is 17.8. The van der Waals surface area contributed by atoms with E-state index >= 15 is 0 Å². The third kappa shape index (κ3) is 4.99. The average molecular weight is 495 g/mol. The summed E-state index contributed by atoms with van der Waals surface area (Å²) in [6, 6.07) is -0.0417. The number of aromatic nitrogens is 2. The lowest BCUT2D eigenvalue weighted by Gasteiger charge is -2.27. The molecule has 0 radical (unpaired) electrons. The van der Waals surface area contributed by atoms with E-state index in [1.54, 1.807) is 0 Å². The van der Waals surface area contributed by atoms with Crippen LogP contribution in [-0.4, -0.2) is 33.9 Å². The van der Waals surface area contributed by atoms with Crippen molar-refractivity contribution < 1.29 is 31.6 Å². The molecule has 0 spiro atoms. The van der Waals surface area contributed by atoms with Crippen molar-refractivity contribution in [3.05, 3.63) is 49.7 Å². The maximum absolute atomic E-state index is 13.3. The molecule has 0 bridgehead atoms. The van der Waals surface area contributed by atoms with Crippen LogP contribution in [0.4, 0.5) is 22.0 Å². The van der Waals surface area contributed by atoms with Crippen LogP contribution < -0.4 is 0 Å². The number of hydrogen-bond donors (Lipinski definition) is 0. The Morgan fingerprint density at radius 2 is 1.87 bits per heavy atom. The van der Waals surface area contributed by atoms with Gasteiger partial charge in [0.2, 0.25) is 0 Å². The Hall–Kier alpha value is -1.62. The molecule has 30 heavy (non-hydrogen) atoms. The van der Waals surface area contributed by atoms with Crippen LogP contribution in [0, 0.1) is 0 Å². The molecule has 0 aliphatic rings. The first-order valence-corrected chi connectivity index (χ1v) is 9.35. The molecular formula is C17H15Cl3F5N3O2. The summed E-state index contributed by atoms with van der Waals surface area (Å²) >= 11 is 17.6. The summed E-state index contributed by atoms with van der Waals surface area (Å²) in [5.74, 6) is -0.953. The smallest absolute Gasteiger partial charge is 0.275 e. The van der Waals surface area contributed by atoms with Crippen molar-refractivity contribution >= 4 is 40.7 Å². The Kier molecular flexibility index (Phi) is 7.60. The van der Waals surface area contributed by atoms with Crippen LogP contribution in [0.3, 0.4) is 0 Å². The number of hydrogen-bond acceptors (Lipinski definition) is 3. The number of hydroxylamine groups is 2. The predicted octanol–water partition coefficient (Wildman–Crippen LogP) is 5.97. The van der Waals surface area contributed by atoms with Crippen molar-refractivity contribution in [3.8, 4) is 0 Å². The van der Waals surface area contributed by atoms with Crippen LogP contribution in [0.2, 0.25) is 15.1 Å². The van der Waals surface area contributed by atoms with Crippen LogP contribution in [0.25, 0.3) is 0 Å². The Morgan fingerprint density at radius 3 is 2.37 bits per heavy atom. The van der Waals surface area contributed by atoms with Gasteiger partial charge in [-0.25, -0.2) is 13.8 Å². The fourth-order valence-corrected chi connectivity index (χ4v) is 4.00. The molecule has 1 heterocycles. The first-order chi connectivity index (χ1) is 13.8. The molecule has 2 aromatic rings. The number of nitrogens with zero attached hydrogens (tertiary/aromatic N) is 3. The summed E-state index contributed by atoms with van der Waals surface area (Å²) in [6.07, 6.45) is -7.04. The van der Waals surface area contributed by atoms with Gasteiger partial charge in [-0.2, -0.15) is 18.3 Å². The van der Waals surface area contributed by atoms with Gasteiger partial charge in [-0.3, -0.25) is 14.3 Å². The second-order valence-electron chi connectivity index (χ2n) is 6.27. The highest BCUT2D eigenvalue weighted by atomic mass is 35.5. The first kappa shape index (κ1) is 24.6. The minimum Gasteiger partial charge on any atom is -0.275 e. The van der Waals surface area contributed by atoms with E-state index in [4.69, 9.17) is 39.6 Å². The Bertz CT molecular complexity index is 950. The van der Waals surface area contributed by atoms with Gasteiger partial charge in [0.25, 0.3) is 12.3 Å². The monoisotopic (exact) mass is 493 g/mol. The summed E-state index contributed by atoms with van der Waals surface area (Å²) < 4.78 is 67.2. The zero-order valence-corrected chi connectivity index (χ0v) is 18.0. The summed E-state index contributed by atoms with van der Waals surface area (Å²) in [5.41, 5.74) is -2.55. The normalized spacial score (nSPS) is 13.1. The Morgan fingerprint density at radius 1 is 1.27 bits per heavy atom. The molecule has 2 rings (SSSR count). The third-order valence-electron chi connectivity index (χ3n) is 4.14. The van der Waals surface area contributed by atoms with E-state index < -0.39 is 51.4 Å². The number of carbonyl (C=O) groups is 1. The van der Waals surface area contributed by atoms with Gasteiger partial charge in [0, 0.05) is 18.3 Å². The highest BCUT2D eigenvalue weighted by molar-refractivity contribution is 6.40. The molecule has 13 heteroatoms. The molecule has 166 valence electrons. The molecule has 1 unspecified atom stereocenters. The van der Waals surface area contributed by atoms with Crippen molar-refractivity contribution in [2.75, 3.05) is 7.11 Å². The summed E-state index contributed by atoms with van der Waals surface area (Å²) in [7, 11) is 2.47. The number of halogens is 8. The van der Waals surface area contributed by atoms with Gasteiger partial charge < -0.3 is 0 Å². The molecule has 1 aromatic heterocycles. The SMILES string of the molecule is CON(C(=O)c1cn(C)nc1C(F)F)C(C)Cc1c(Cl)cc(Cl)c(C(F)(F)F)c1Cl. The van der Waals surface area contributed by atoms with Crippen molar-refractivity contribution in [3.63, 3.8) is 0 Å². The lowest BCUT2D eigenvalue weighted by Crippen LogP contribution is -2.39. The van der Waals surface area contributed by atoms with Gasteiger partial charge in [0.15, 0.2) is 0 Å². The Balaban J connectivity index is 2.41. The molecule has 1 atom stereocenters. The van der Waals surface area contributed by atoms with Crippen molar-refractivity contribution in [1.82, 2.24) is 14.8 Å². The highest BCUT2D eigenvalue weighted by Crippen LogP contribution is 2.44. The first-order valence-electron chi connectivity index (χ1n) is 8.22. The zero-order chi connectivity index (χ0) is 23.0. The molecule has 1 amide bonds. The van der Waals surface area contributed by atoms with Crippen LogP contribution in [-0.2, 0) is 24.5 Å². The van der Waals surface area contributed by atoms with Crippen LogP contribution in [0.15, 0.2) is 12.3 Å². The van der Waals surface area contributed by atoms with E-state index in [0.29, 0.717) is 0 Å². The molecule has 0 aliphatic carbocycles. The molecule has 1 aromatic carbocycles. The van der Waals surface area contributed by atoms with Gasteiger partial charge in [-0.05, 0) is 25.0 Å². The van der Waals surface area contributed by atoms with Crippen molar-refractivity contribution in [2.24, 2.45) is 7.05 Å². The van der Waals surface area contributed by atoms with Crippen LogP contribution >= 0.6 is 34.8 Å². The lowest BCUT2D eigenvalue weighted by molar-refractivity contribution is -0.137. The molecule has 0 N–H and O–H groups in total. The number of benzene rings is 1. The number of aryl methyl sites for hydroxylation is 1. The van der Waals surface area contributed by atoms with Gasteiger partial charge in [0.1, 0.15) is 5.69 Å². The van der Waals surface area contributed by atoms with Crippen LogP contribution in [0.5, 0.6) is 0 Å². The zero-order valence-electron chi connectivity index (χ0n) is 15.7. The molecule has 0 saturated carbocycles. The van der Waals surface area contributed by atoms with Crippen molar-refractivity contribution in [2.45, 2.75) is 32.0 Å². The van der Waals surface area contributed by atoms with E-state index in [0.717, 1.165) is 29.1 Å². The van der Waals surface area contributed by atoms with E-state index in [9.17, 15) is 26.7 Å². The fraction of sp³-hybridized carbons (Fsp3) is 0.412. The second kappa shape index (κ2) is 9.25. The molecule has 0 saturated heterocycles. The van der Waals surface area contributed by atoms with Gasteiger partial charge in [-0.1, -0.05) is 34.8 Å². The molecule has 5 nitrogen and oxygen atoms in total. The number of amides is 1. The van der Waals surface area contributed by atoms with E-state index in [1.165, 1.54) is 14.0 Å². The van der Waals surface area contributed by atoms with E-state index in [-0.39, 0.29) is 17.0 Å². The maximum atomic E-state index is 13.3. The largest absolute Gasteiger partial charge is 0.419 e. The quantitative estimate of drug-likeness (QED) is 0.367. The standard InChI is InChI=1S/C17H15Cl3F5N3O2/c1-7(4-8-10(18)5-11(19)12(13(8)20)17(23,24)25)28(30-3)16(29)9-6-27(2)26-14(9)15(21)22/h5-7,15H,4H2,1-3H3.